The van der Waals surface area contributed by atoms with Gasteiger partial charge in [-0.1, -0.05) is 17.3 Å². The molecule has 0 saturated heterocycles. The van der Waals surface area contributed by atoms with Crippen molar-refractivity contribution in [1.29, 1.82) is 0 Å². The van der Waals surface area contributed by atoms with Gasteiger partial charge in [0.25, 0.3) is 0 Å². The number of aromatic nitrogens is 1. The molecule has 0 radical (unpaired) electrons. The van der Waals surface area contributed by atoms with Crippen LogP contribution in [-0.4, -0.2) is 10.3 Å². The van der Waals surface area contributed by atoms with Crippen LogP contribution in [0.25, 0.3) is 0 Å². The molecule has 0 aliphatic carbocycles. The minimum absolute atomic E-state index is 0.411. The average molecular weight is 249 g/mol. The summed E-state index contributed by atoms with van der Waals surface area (Å²) in [6.07, 6.45) is -0.411. The van der Waals surface area contributed by atoms with E-state index in [1.807, 2.05) is 37.3 Å². The summed E-state index contributed by atoms with van der Waals surface area (Å²) in [4.78, 5) is 1.16. The van der Waals surface area contributed by atoms with Gasteiger partial charge in [-0.25, -0.2) is 0 Å². The van der Waals surface area contributed by atoms with Crippen LogP contribution in [0.4, 0.5) is 0 Å². The molecule has 0 aliphatic heterocycles. The average Bonchev–Trinajstić information content (AvgIpc) is 2.73. The molecule has 1 heterocycles. The number of nitrogens with zero attached hydrogens (tertiary/aromatic N) is 1. The van der Waals surface area contributed by atoms with Gasteiger partial charge < -0.3 is 9.63 Å². The molecule has 1 aromatic carbocycles. The summed E-state index contributed by atoms with van der Waals surface area (Å²) >= 11 is 1.69. The Morgan fingerprint density at radius 2 is 2.06 bits per heavy atom. The SMILES string of the molecule is Cc1cc(CSc2ccc(C(C)O)cc2)on1. The minimum atomic E-state index is -0.411. The van der Waals surface area contributed by atoms with E-state index in [-0.39, 0.29) is 0 Å². The summed E-state index contributed by atoms with van der Waals surface area (Å²) in [6, 6.07) is 9.85. The molecule has 17 heavy (non-hydrogen) atoms. The zero-order valence-electron chi connectivity index (χ0n) is 9.88. The van der Waals surface area contributed by atoms with Crippen molar-refractivity contribution in [3.8, 4) is 0 Å². The standard InChI is InChI=1S/C13H15NO2S/c1-9-7-12(16-14-9)8-17-13-5-3-11(4-6-13)10(2)15/h3-7,10,15H,8H2,1-2H3. The number of benzene rings is 1. The number of thioether (sulfide) groups is 1. The van der Waals surface area contributed by atoms with Gasteiger partial charge in [0, 0.05) is 11.0 Å². The van der Waals surface area contributed by atoms with Gasteiger partial charge in [-0.3, -0.25) is 0 Å². The lowest BCUT2D eigenvalue weighted by Crippen LogP contribution is -1.89. The molecule has 0 spiro atoms. The lowest BCUT2D eigenvalue weighted by Gasteiger charge is -2.05. The van der Waals surface area contributed by atoms with E-state index in [0.29, 0.717) is 0 Å². The van der Waals surface area contributed by atoms with Crippen LogP contribution in [0.2, 0.25) is 0 Å². The number of aliphatic hydroxyl groups excluding tert-OH is 1. The molecule has 0 fully saturated rings. The third kappa shape index (κ3) is 3.35. The van der Waals surface area contributed by atoms with E-state index in [4.69, 9.17) is 4.52 Å². The van der Waals surface area contributed by atoms with Crippen molar-refractivity contribution < 1.29 is 9.63 Å². The molecule has 1 aromatic heterocycles. The Hall–Kier alpha value is -1.26. The fraction of sp³-hybridized carbons (Fsp3) is 0.308. The predicted molar refractivity (Wildman–Crippen MR) is 67.9 cm³/mol. The van der Waals surface area contributed by atoms with Gasteiger partial charge >= 0.3 is 0 Å². The van der Waals surface area contributed by atoms with E-state index >= 15 is 0 Å². The van der Waals surface area contributed by atoms with Crippen LogP contribution in [-0.2, 0) is 5.75 Å². The summed E-state index contributed by atoms with van der Waals surface area (Å²) in [5, 5.41) is 13.2. The van der Waals surface area contributed by atoms with Crippen molar-refractivity contribution in [3.63, 3.8) is 0 Å². The van der Waals surface area contributed by atoms with Gasteiger partial charge in [-0.05, 0) is 31.5 Å². The van der Waals surface area contributed by atoms with E-state index < -0.39 is 6.10 Å². The molecule has 1 atom stereocenters. The Labute approximate surface area is 105 Å². The molecule has 0 amide bonds. The number of hydrogen-bond acceptors (Lipinski definition) is 4. The van der Waals surface area contributed by atoms with E-state index in [1.54, 1.807) is 18.7 Å². The first-order valence-corrected chi connectivity index (χ1v) is 6.47. The Morgan fingerprint density at radius 3 is 2.59 bits per heavy atom. The summed E-state index contributed by atoms with van der Waals surface area (Å²) in [7, 11) is 0. The number of rotatable bonds is 4. The zero-order chi connectivity index (χ0) is 12.3. The van der Waals surface area contributed by atoms with Gasteiger partial charge in [-0.2, -0.15) is 0 Å². The van der Waals surface area contributed by atoms with Crippen molar-refractivity contribution in [1.82, 2.24) is 5.16 Å². The van der Waals surface area contributed by atoms with Gasteiger partial charge in [0.15, 0.2) is 0 Å². The first-order valence-electron chi connectivity index (χ1n) is 5.48. The molecule has 0 saturated carbocycles. The second-order valence-corrected chi connectivity index (χ2v) is 5.02. The fourth-order valence-electron chi connectivity index (χ4n) is 1.48. The molecule has 1 N–H and O–H groups in total. The van der Waals surface area contributed by atoms with Gasteiger partial charge in [-0.15, -0.1) is 11.8 Å². The molecule has 90 valence electrons. The maximum Gasteiger partial charge on any atom is 0.147 e. The second-order valence-electron chi connectivity index (χ2n) is 3.97. The number of aliphatic hydroxyl groups is 1. The molecule has 3 nitrogen and oxygen atoms in total. The lowest BCUT2D eigenvalue weighted by atomic mass is 10.1. The van der Waals surface area contributed by atoms with Crippen molar-refractivity contribution in [2.75, 3.05) is 0 Å². The minimum Gasteiger partial charge on any atom is -0.389 e. The summed E-state index contributed by atoms with van der Waals surface area (Å²) in [5.74, 6) is 1.65. The Bertz CT molecular complexity index is 476. The lowest BCUT2D eigenvalue weighted by molar-refractivity contribution is 0.199. The molecule has 0 bridgehead atoms. The monoisotopic (exact) mass is 249 g/mol. The normalized spacial score (nSPS) is 12.6. The van der Waals surface area contributed by atoms with E-state index in [1.165, 1.54) is 0 Å². The molecule has 0 aliphatic rings. The van der Waals surface area contributed by atoms with Crippen LogP contribution in [0.1, 0.15) is 30.0 Å². The van der Waals surface area contributed by atoms with Crippen molar-refractivity contribution >= 4 is 11.8 Å². The van der Waals surface area contributed by atoms with Gasteiger partial charge in [0.05, 0.1) is 17.6 Å². The quantitative estimate of drug-likeness (QED) is 0.844. The largest absolute Gasteiger partial charge is 0.389 e. The predicted octanol–water partition coefficient (Wildman–Crippen LogP) is 3.33. The summed E-state index contributed by atoms with van der Waals surface area (Å²) < 4.78 is 5.14. The Kier molecular flexibility index (Phi) is 3.86. The maximum absolute atomic E-state index is 9.40. The van der Waals surface area contributed by atoms with Crippen LogP contribution in [0.5, 0.6) is 0 Å². The highest BCUT2D eigenvalue weighted by Crippen LogP contribution is 2.24. The van der Waals surface area contributed by atoms with Crippen molar-refractivity contribution in [3.05, 3.63) is 47.3 Å². The number of aryl methyl sites for hydroxylation is 1. The Balaban J connectivity index is 1.95. The van der Waals surface area contributed by atoms with Crippen LogP contribution in [0.3, 0.4) is 0 Å². The topological polar surface area (TPSA) is 46.3 Å². The third-order valence-corrected chi connectivity index (χ3v) is 3.45. The zero-order valence-corrected chi connectivity index (χ0v) is 10.7. The van der Waals surface area contributed by atoms with Crippen LogP contribution >= 0.6 is 11.8 Å². The van der Waals surface area contributed by atoms with Crippen LogP contribution in [0.15, 0.2) is 39.8 Å². The molecular weight excluding hydrogens is 234 g/mol. The van der Waals surface area contributed by atoms with Crippen molar-refractivity contribution in [2.45, 2.75) is 30.6 Å². The highest BCUT2D eigenvalue weighted by Gasteiger charge is 2.03. The van der Waals surface area contributed by atoms with Crippen LogP contribution < -0.4 is 0 Å². The van der Waals surface area contributed by atoms with E-state index in [9.17, 15) is 5.11 Å². The highest BCUT2D eigenvalue weighted by atomic mass is 32.2. The Morgan fingerprint density at radius 1 is 1.35 bits per heavy atom. The third-order valence-electron chi connectivity index (χ3n) is 2.42. The summed E-state index contributed by atoms with van der Waals surface area (Å²) in [6.45, 7) is 3.68. The summed E-state index contributed by atoms with van der Waals surface area (Å²) in [5.41, 5.74) is 1.84. The highest BCUT2D eigenvalue weighted by molar-refractivity contribution is 7.98. The molecule has 4 heteroatoms. The van der Waals surface area contributed by atoms with Crippen LogP contribution in [0, 0.1) is 6.92 Å². The van der Waals surface area contributed by atoms with E-state index in [2.05, 4.69) is 5.16 Å². The first-order chi connectivity index (χ1) is 8.15. The number of hydrogen-bond donors (Lipinski definition) is 1. The molecule has 1 unspecified atom stereocenters. The van der Waals surface area contributed by atoms with Gasteiger partial charge in [0.1, 0.15) is 5.76 Å². The first kappa shape index (κ1) is 12.2. The smallest absolute Gasteiger partial charge is 0.147 e. The molecule has 2 aromatic rings. The molecule has 2 rings (SSSR count). The second kappa shape index (κ2) is 5.38. The van der Waals surface area contributed by atoms with Gasteiger partial charge in [0.2, 0.25) is 0 Å². The maximum atomic E-state index is 9.40. The van der Waals surface area contributed by atoms with Crippen molar-refractivity contribution in [2.24, 2.45) is 0 Å². The van der Waals surface area contributed by atoms with E-state index in [0.717, 1.165) is 27.7 Å². The molecular formula is C13H15NO2S. The fourth-order valence-corrected chi connectivity index (χ4v) is 2.25.